The molecule has 0 amide bonds. The number of benzene rings is 2. The van der Waals surface area contributed by atoms with E-state index in [4.69, 9.17) is 12.2 Å². The van der Waals surface area contributed by atoms with Gasteiger partial charge in [0.25, 0.3) is 0 Å². The van der Waals surface area contributed by atoms with E-state index in [1.54, 1.807) is 0 Å². The minimum Gasteiger partial charge on any atom is -0.359 e. The Balaban J connectivity index is 2.12. The number of rotatable bonds is 6. The predicted octanol–water partition coefficient (Wildman–Crippen LogP) is 6.18. The standard InChI is InChI=1S/C25H34N2OS/c1-16(2)22(17(3)4)27-24(29)26-21-10-8-9-19(15-21)23(28)18-11-13-20(14-12-18)25(5,6)7/h8-17,22H,1-7H3,(H2,26,27,29). The number of anilines is 1. The summed E-state index contributed by atoms with van der Waals surface area (Å²) in [5.41, 5.74) is 3.43. The third-order valence-corrected chi connectivity index (χ3v) is 5.35. The molecule has 0 aliphatic carbocycles. The van der Waals surface area contributed by atoms with Gasteiger partial charge in [0.05, 0.1) is 0 Å². The van der Waals surface area contributed by atoms with E-state index in [1.165, 1.54) is 5.56 Å². The molecule has 0 fully saturated rings. The molecule has 0 spiro atoms. The monoisotopic (exact) mass is 410 g/mol. The molecule has 0 saturated carbocycles. The number of nitrogens with one attached hydrogen (secondary N) is 2. The van der Waals surface area contributed by atoms with Gasteiger partial charge in [-0.2, -0.15) is 0 Å². The zero-order valence-electron chi connectivity index (χ0n) is 18.7. The molecule has 0 aliphatic rings. The Morgan fingerprint density at radius 2 is 1.48 bits per heavy atom. The molecule has 0 bridgehead atoms. The van der Waals surface area contributed by atoms with Crippen LogP contribution in [0.15, 0.2) is 48.5 Å². The van der Waals surface area contributed by atoms with E-state index >= 15 is 0 Å². The molecule has 2 rings (SSSR count). The van der Waals surface area contributed by atoms with Gasteiger partial charge in [0, 0.05) is 22.9 Å². The van der Waals surface area contributed by atoms with Crippen LogP contribution in [0.3, 0.4) is 0 Å². The highest BCUT2D eigenvalue weighted by atomic mass is 32.1. The Hall–Kier alpha value is -2.20. The summed E-state index contributed by atoms with van der Waals surface area (Å²) in [5.74, 6) is 0.952. The average Bonchev–Trinajstić information content (AvgIpc) is 2.64. The van der Waals surface area contributed by atoms with Gasteiger partial charge in [-0.05, 0) is 47.2 Å². The lowest BCUT2D eigenvalue weighted by atomic mass is 9.86. The Bertz CT molecular complexity index is 840. The number of thiocarbonyl (C=S) groups is 1. The van der Waals surface area contributed by atoms with Crippen molar-refractivity contribution in [3.63, 3.8) is 0 Å². The summed E-state index contributed by atoms with van der Waals surface area (Å²) in [6.45, 7) is 15.2. The summed E-state index contributed by atoms with van der Waals surface area (Å²) in [6.07, 6.45) is 0. The molecular formula is C25H34N2OS. The summed E-state index contributed by atoms with van der Waals surface area (Å²) in [7, 11) is 0. The van der Waals surface area contributed by atoms with Crippen molar-refractivity contribution in [3.05, 3.63) is 65.2 Å². The van der Waals surface area contributed by atoms with E-state index in [2.05, 4.69) is 59.1 Å². The number of hydrogen-bond acceptors (Lipinski definition) is 2. The van der Waals surface area contributed by atoms with Crippen molar-refractivity contribution >= 4 is 28.8 Å². The number of ketones is 1. The maximum Gasteiger partial charge on any atom is 0.193 e. The second-order valence-corrected chi connectivity index (χ2v) is 9.76. The van der Waals surface area contributed by atoms with Crippen molar-refractivity contribution in [2.45, 2.75) is 59.9 Å². The van der Waals surface area contributed by atoms with Crippen LogP contribution in [0.1, 0.15) is 70.0 Å². The number of hydrogen-bond donors (Lipinski definition) is 2. The van der Waals surface area contributed by atoms with Gasteiger partial charge in [-0.1, -0.05) is 84.9 Å². The Kier molecular flexibility index (Phi) is 7.59. The van der Waals surface area contributed by atoms with E-state index in [0.29, 0.717) is 34.1 Å². The molecule has 2 aromatic rings. The van der Waals surface area contributed by atoms with Gasteiger partial charge in [-0.15, -0.1) is 0 Å². The number of carbonyl (C=O) groups excluding carboxylic acids is 1. The van der Waals surface area contributed by atoms with Crippen LogP contribution in [0.25, 0.3) is 0 Å². The maximum atomic E-state index is 12.9. The van der Waals surface area contributed by atoms with Crippen LogP contribution in [-0.4, -0.2) is 16.9 Å². The zero-order valence-corrected chi connectivity index (χ0v) is 19.5. The van der Waals surface area contributed by atoms with Crippen molar-refractivity contribution in [1.29, 1.82) is 0 Å². The lowest BCUT2D eigenvalue weighted by molar-refractivity contribution is 0.103. The van der Waals surface area contributed by atoms with Crippen LogP contribution in [-0.2, 0) is 5.41 Å². The van der Waals surface area contributed by atoms with E-state index in [9.17, 15) is 4.79 Å². The molecule has 156 valence electrons. The molecule has 2 N–H and O–H groups in total. The molecule has 0 aliphatic heterocycles. The van der Waals surface area contributed by atoms with Gasteiger partial charge in [-0.25, -0.2) is 0 Å². The second-order valence-electron chi connectivity index (χ2n) is 9.35. The van der Waals surface area contributed by atoms with Crippen LogP contribution in [0.5, 0.6) is 0 Å². The molecule has 2 aromatic carbocycles. The molecule has 3 nitrogen and oxygen atoms in total. The second kappa shape index (κ2) is 9.53. The van der Waals surface area contributed by atoms with E-state index in [0.717, 1.165) is 5.69 Å². The quantitative estimate of drug-likeness (QED) is 0.440. The van der Waals surface area contributed by atoms with E-state index in [1.807, 2.05) is 48.5 Å². The Morgan fingerprint density at radius 3 is 2.00 bits per heavy atom. The first-order chi connectivity index (χ1) is 13.5. The highest BCUT2D eigenvalue weighted by molar-refractivity contribution is 7.80. The molecule has 0 unspecified atom stereocenters. The van der Waals surface area contributed by atoms with Crippen LogP contribution >= 0.6 is 12.2 Å². The average molecular weight is 411 g/mol. The SMILES string of the molecule is CC(C)C(NC(=S)Nc1cccc(C(=O)c2ccc(C(C)(C)C)cc2)c1)C(C)C. The summed E-state index contributed by atoms with van der Waals surface area (Å²) in [4.78, 5) is 12.9. The van der Waals surface area contributed by atoms with Crippen LogP contribution < -0.4 is 10.6 Å². The normalized spacial score (nSPS) is 11.8. The lowest BCUT2D eigenvalue weighted by Gasteiger charge is -2.27. The summed E-state index contributed by atoms with van der Waals surface area (Å²) in [5, 5.41) is 7.21. The van der Waals surface area contributed by atoms with Gasteiger partial charge in [-0.3, -0.25) is 4.79 Å². The molecular weight excluding hydrogens is 376 g/mol. The van der Waals surface area contributed by atoms with Gasteiger partial charge in [0.15, 0.2) is 10.9 Å². The summed E-state index contributed by atoms with van der Waals surface area (Å²) >= 11 is 5.50. The van der Waals surface area contributed by atoms with E-state index in [-0.39, 0.29) is 11.2 Å². The smallest absolute Gasteiger partial charge is 0.193 e. The first-order valence-electron chi connectivity index (χ1n) is 10.3. The summed E-state index contributed by atoms with van der Waals surface area (Å²) < 4.78 is 0. The van der Waals surface area contributed by atoms with Crippen LogP contribution in [0, 0.1) is 11.8 Å². The molecule has 0 atom stereocenters. The fraction of sp³-hybridized carbons (Fsp3) is 0.440. The van der Waals surface area contributed by atoms with Crippen molar-refractivity contribution in [2.24, 2.45) is 11.8 Å². The van der Waals surface area contributed by atoms with E-state index < -0.39 is 0 Å². The Labute approximate surface area is 181 Å². The minimum absolute atomic E-state index is 0.00947. The molecule has 0 aromatic heterocycles. The fourth-order valence-corrected chi connectivity index (χ4v) is 3.70. The van der Waals surface area contributed by atoms with Gasteiger partial charge in [0.2, 0.25) is 0 Å². The van der Waals surface area contributed by atoms with Crippen molar-refractivity contribution in [3.8, 4) is 0 Å². The third-order valence-electron chi connectivity index (χ3n) is 5.13. The van der Waals surface area contributed by atoms with Crippen LogP contribution in [0.2, 0.25) is 0 Å². The van der Waals surface area contributed by atoms with Crippen molar-refractivity contribution in [2.75, 3.05) is 5.32 Å². The molecule has 4 heteroatoms. The van der Waals surface area contributed by atoms with Crippen LogP contribution in [0.4, 0.5) is 5.69 Å². The maximum absolute atomic E-state index is 12.9. The van der Waals surface area contributed by atoms with Crippen molar-refractivity contribution in [1.82, 2.24) is 5.32 Å². The first-order valence-corrected chi connectivity index (χ1v) is 10.7. The van der Waals surface area contributed by atoms with Crippen molar-refractivity contribution < 1.29 is 4.79 Å². The fourth-order valence-electron chi connectivity index (χ4n) is 3.45. The largest absolute Gasteiger partial charge is 0.359 e. The zero-order chi connectivity index (χ0) is 21.8. The number of carbonyl (C=O) groups is 1. The lowest BCUT2D eigenvalue weighted by Crippen LogP contribution is -2.44. The Morgan fingerprint density at radius 1 is 0.897 bits per heavy atom. The third kappa shape index (κ3) is 6.40. The highest BCUT2D eigenvalue weighted by Crippen LogP contribution is 2.23. The van der Waals surface area contributed by atoms with Gasteiger partial charge >= 0.3 is 0 Å². The predicted molar refractivity (Wildman–Crippen MR) is 128 cm³/mol. The molecule has 0 heterocycles. The van der Waals surface area contributed by atoms with Gasteiger partial charge < -0.3 is 10.6 Å². The first kappa shape index (κ1) is 23.1. The molecule has 0 radical (unpaired) electrons. The molecule has 29 heavy (non-hydrogen) atoms. The topological polar surface area (TPSA) is 41.1 Å². The van der Waals surface area contributed by atoms with Gasteiger partial charge in [0.1, 0.15) is 0 Å². The minimum atomic E-state index is 0.00947. The molecule has 0 saturated heterocycles. The highest BCUT2D eigenvalue weighted by Gasteiger charge is 2.19. The summed E-state index contributed by atoms with van der Waals surface area (Å²) in [6, 6.07) is 15.7.